The summed E-state index contributed by atoms with van der Waals surface area (Å²) in [5, 5.41) is 12.7. The predicted molar refractivity (Wildman–Crippen MR) is 98.3 cm³/mol. The third kappa shape index (κ3) is 6.30. The first-order valence-corrected chi connectivity index (χ1v) is 7.90. The van der Waals surface area contributed by atoms with Crippen LogP contribution in [0.25, 0.3) is 0 Å². The van der Waals surface area contributed by atoms with E-state index < -0.39 is 5.91 Å². The topological polar surface area (TPSA) is 75.6 Å². The second-order valence-corrected chi connectivity index (χ2v) is 6.48. The lowest BCUT2D eigenvalue weighted by molar-refractivity contribution is -0.139. The molecule has 0 fully saturated rings. The van der Waals surface area contributed by atoms with E-state index >= 15 is 0 Å². The van der Waals surface area contributed by atoms with Gasteiger partial charge in [0, 0.05) is 5.70 Å². The average Bonchev–Trinajstić information content (AvgIpc) is 2.53. The fourth-order valence-electron chi connectivity index (χ4n) is 2.01. The SMILES string of the molecule is C=C/C=C(\C=C/CC(=O)OC)NC(=O)c1cc(C(C)(C)C)ccc1O. The summed E-state index contributed by atoms with van der Waals surface area (Å²) in [7, 11) is 1.31. The number of methoxy groups -OCH3 is 1. The number of hydrogen-bond donors (Lipinski definition) is 2. The van der Waals surface area contributed by atoms with E-state index in [0.717, 1.165) is 5.56 Å². The molecule has 0 aromatic heterocycles. The molecule has 0 unspecified atom stereocenters. The highest BCUT2D eigenvalue weighted by atomic mass is 16.5. The van der Waals surface area contributed by atoms with Crippen LogP contribution >= 0.6 is 0 Å². The van der Waals surface area contributed by atoms with Gasteiger partial charge in [0.25, 0.3) is 5.91 Å². The number of ether oxygens (including phenoxy) is 1. The number of benzene rings is 1. The Bertz CT molecular complexity index is 709. The molecule has 1 rings (SSSR count). The molecule has 1 aromatic rings. The number of esters is 1. The van der Waals surface area contributed by atoms with Gasteiger partial charge in [-0.3, -0.25) is 9.59 Å². The Morgan fingerprint density at radius 3 is 2.56 bits per heavy atom. The number of hydrogen-bond acceptors (Lipinski definition) is 4. The maximum Gasteiger partial charge on any atom is 0.309 e. The van der Waals surface area contributed by atoms with Crippen molar-refractivity contribution in [3.8, 4) is 5.75 Å². The summed E-state index contributed by atoms with van der Waals surface area (Å²) >= 11 is 0. The van der Waals surface area contributed by atoms with Crippen LogP contribution in [0.4, 0.5) is 0 Å². The van der Waals surface area contributed by atoms with Crippen molar-refractivity contribution in [1.29, 1.82) is 0 Å². The smallest absolute Gasteiger partial charge is 0.309 e. The number of nitrogens with one attached hydrogen (secondary N) is 1. The first kappa shape index (κ1) is 20.2. The van der Waals surface area contributed by atoms with Crippen molar-refractivity contribution >= 4 is 11.9 Å². The normalized spacial score (nSPS) is 12.1. The second-order valence-electron chi connectivity index (χ2n) is 6.48. The number of phenols is 1. The Morgan fingerprint density at radius 2 is 2.00 bits per heavy atom. The molecule has 0 saturated carbocycles. The van der Waals surface area contributed by atoms with E-state index in [1.165, 1.54) is 19.3 Å². The van der Waals surface area contributed by atoms with Crippen LogP contribution in [0.1, 0.15) is 43.1 Å². The summed E-state index contributed by atoms with van der Waals surface area (Å²) in [5.41, 5.74) is 1.42. The molecule has 5 nitrogen and oxygen atoms in total. The fraction of sp³-hybridized carbons (Fsp3) is 0.300. The van der Waals surface area contributed by atoms with Crippen LogP contribution in [-0.2, 0) is 14.9 Å². The molecule has 0 aliphatic carbocycles. The predicted octanol–water partition coefficient (Wildman–Crippen LogP) is 3.61. The number of carbonyl (C=O) groups excluding carboxylic acids is 2. The van der Waals surface area contributed by atoms with Crippen LogP contribution in [0.3, 0.4) is 0 Å². The Hall–Kier alpha value is -2.82. The third-order valence-electron chi connectivity index (χ3n) is 3.47. The van der Waals surface area contributed by atoms with Crippen molar-refractivity contribution in [2.75, 3.05) is 7.11 Å². The summed E-state index contributed by atoms with van der Waals surface area (Å²) in [5.74, 6) is -0.919. The minimum absolute atomic E-state index is 0.0889. The van der Waals surface area contributed by atoms with Gasteiger partial charge in [0.2, 0.25) is 0 Å². The zero-order valence-corrected chi connectivity index (χ0v) is 15.1. The van der Waals surface area contributed by atoms with Crippen molar-refractivity contribution in [2.24, 2.45) is 0 Å². The first-order valence-electron chi connectivity index (χ1n) is 7.90. The van der Waals surface area contributed by atoms with Gasteiger partial charge in [0.15, 0.2) is 0 Å². The lowest BCUT2D eigenvalue weighted by atomic mass is 9.86. The zero-order chi connectivity index (χ0) is 19.0. The summed E-state index contributed by atoms with van der Waals surface area (Å²) < 4.78 is 4.55. The molecule has 134 valence electrons. The molecule has 0 bridgehead atoms. The van der Waals surface area contributed by atoms with Crippen molar-refractivity contribution < 1.29 is 19.4 Å². The highest BCUT2D eigenvalue weighted by Crippen LogP contribution is 2.27. The number of aromatic hydroxyl groups is 1. The zero-order valence-electron chi connectivity index (χ0n) is 15.1. The molecule has 0 aliphatic heterocycles. The van der Waals surface area contributed by atoms with E-state index in [0.29, 0.717) is 5.70 Å². The number of allylic oxidation sites excluding steroid dienone is 3. The van der Waals surface area contributed by atoms with E-state index in [1.807, 2.05) is 20.8 Å². The molecule has 5 heteroatoms. The molecule has 1 aromatic carbocycles. The molecule has 0 atom stereocenters. The summed E-state index contributed by atoms with van der Waals surface area (Å²) in [4.78, 5) is 23.6. The van der Waals surface area contributed by atoms with Gasteiger partial charge < -0.3 is 15.2 Å². The van der Waals surface area contributed by atoms with Gasteiger partial charge in [0.1, 0.15) is 5.75 Å². The largest absolute Gasteiger partial charge is 0.507 e. The van der Waals surface area contributed by atoms with Crippen LogP contribution in [0.15, 0.2) is 54.8 Å². The van der Waals surface area contributed by atoms with Crippen LogP contribution in [-0.4, -0.2) is 24.1 Å². The minimum Gasteiger partial charge on any atom is -0.507 e. The molecule has 0 spiro atoms. The third-order valence-corrected chi connectivity index (χ3v) is 3.47. The molecule has 0 radical (unpaired) electrons. The van der Waals surface area contributed by atoms with Gasteiger partial charge >= 0.3 is 5.97 Å². The van der Waals surface area contributed by atoms with Gasteiger partial charge in [-0.2, -0.15) is 0 Å². The van der Waals surface area contributed by atoms with Gasteiger partial charge in [-0.1, -0.05) is 45.6 Å². The Balaban J connectivity index is 3.00. The number of carbonyl (C=O) groups is 2. The standard InChI is InChI=1S/C20H25NO4/c1-6-8-15(9-7-10-18(23)25-5)21-19(24)16-13-14(20(2,3)4)11-12-17(16)22/h6-9,11-13,22H,1,10H2,2-5H3,(H,21,24)/b9-7-,15-8+. The van der Waals surface area contributed by atoms with Gasteiger partial charge in [0.05, 0.1) is 19.1 Å². The molecule has 0 saturated heterocycles. The first-order chi connectivity index (χ1) is 11.7. The second kappa shape index (κ2) is 8.87. The van der Waals surface area contributed by atoms with E-state index in [1.54, 1.807) is 30.4 Å². The fourth-order valence-corrected chi connectivity index (χ4v) is 2.01. The maximum absolute atomic E-state index is 12.5. The monoisotopic (exact) mass is 343 g/mol. The molecular weight excluding hydrogens is 318 g/mol. The van der Waals surface area contributed by atoms with Crippen molar-refractivity contribution in [2.45, 2.75) is 32.6 Å². The molecule has 1 amide bonds. The van der Waals surface area contributed by atoms with Crippen LogP contribution in [0.5, 0.6) is 5.75 Å². The summed E-state index contributed by atoms with van der Waals surface area (Å²) in [6.07, 6.45) is 6.36. The number of amides is 1. The van der Waals surface area contributed by atoms with E-state index in [-0.39, 0.29) is 29.1 Å². The quantitative estimate of drug-likeness (QED) is 0.611. The van der Waals surface area contributed by atoms with Crippen molar-refractivity contribution in [3.05, 3.63) is 65.9 Å². The number of phenolic OH excluding ortho intramolecular Hbond substituents is 1. The lowest BCUT2D eigenvalue weighted by Crippen LogP contribution is -2.23. The average molecular weight is 343 g/mol. The van der Waals surface area contributed by atoms with Gasteiger partial charge in [-0.05, 0) is 35.3 Å². The molecule has 2 N–H and O–H groups in total. The van der Waals surface area contributed by atoms with E-state index in [4.69, 9.17) is 0 Å². The molecule has 0 heterocycles. The van der Waals surface area contributed by atoms with Crippen molar-refractivity contribution in [3.63, 3.8) is 0 Å². The minimum atomic E-state index is -0.445. The Kier molecular flexibility index (Phi) is 7.18. The molecular formula is C20H25NO4. The molecule has 25 heavy (non-hydrogen) atoms. The van der Waals surface area contributed by atoms with Crippen LogP contribution in [0.2, 0.25) is 0 Å². The lowest BCUT2D eigenvalue weighted by Gasteiger charge is -2.20. The highest BCUT2D eigenvalue weighted by molar-refractivity contribution is 5.98. The van der Waals surface area contributed by atoms with Crippen LogP contribution in [0, 0.1) is 0 Å². The molecule has 0 aliphatic rings. The van der Waals surface area contributed by atoms with E-state index in [9.17, 15) is 14.7 Å². The van der Waals surface area contributed by atoms with Gasteiger partial charge in [-0.15, -0.1) is 0 Å². The van der Waals surface area contributed by atoms with Crippen LogP contribution < -0.4 is 5.32 Å². The van der Waals surface area contributed by atoms with Crippen molar-refractivity contribution in [1.82, 2.24) is 5.32 Å². The highest BCUT2D eigenvalue weighted by Gasteiger charge is 2.18. The van der Waals surface area contributed by atoms with E-state index in [2.05, 4.69) is 16.6 Å². The maximum atomic E-state index is 12.5. The number of rotatable bonds is 6. The Labute approximate surface area is 148 Å². The Morgan fingerprint density at radius 1 is 1.32 bits per heavy atom. The summed E-state index contributed by atoms with van der Waals surface area (Å²) in [6, 6.07) is 4.98. The summed E-state index contributed by atoms with van der Waals surface area (Å²) in [6.45, 7) is 9.68. The van der Waals surface area contributed by atoms with Gasteiger partial charge in [-0.25, -0.2) is 0 Å².